The van der Waals surface area contributed by atoms with Crippen LogP contribution in [0.15, 0.2) is 0 Å². The average molecular weight is 163 g/mol. The Balaban J connectivity index is 2.47. The van der Waals surface area contributed by atoms with Crippen molar-refractivity contribution < 1.29 is 20.4 Å². The van der Waals surface area contributed by atoms with Crippen LogP contribution in [0.3, 0.4) is 0 Å². The zero-order valence-corrected chi connectivity index (χ0v) is 6.01. The Morgan fingerprint density at radius 3 is 2.45 bits per heavy atom. The molecule has 1 rings (SSSR count). The number of rotatable bonds is 2. The molecule has 0 aromatic heterocycles. The molecule has 5 N–H and O–H groups in total. The number of nitrogens with one attached hydrogen (secondary N) is 1. The molecular formula is C6H13NO4. The molecule has 11 heavy (non-hydrogen) atoms. The van der Waals surface area contributed by atoms with Crippen LogP contribution in [0.5, 0.6) is 0 Å². The Morgan fingerprint density at radius 1 is 1.45 bits per heavy atom. The van der Waals surface area contributed by atoms with E-state index in [4.69, 9.17) is 15.3 Å². The van der Waals surface area contributed by atoms with E-state index in [9.17, 15) is 5.11 Å². The molecule has 0 aliphatic carbocycles. The molecule has 1 aliphatic heterocycles. The molecule has 0 spiro atoms. The second-order valence-electron chi connectivity index (χ2n) is 2.74. The summed E-state index contributed by atoms with van der Waals surface area (Å²) in [5.74, 6) is 0. The van der Waals surface area contributed by atoms with E-state index in [0.717, 1.165) is 0 Å². The van der Waals surface area contributed by atoms with E-state index >= 15 is 0 Å². The quantitative estimate of drug-likeness (QED) is 0.300. The first-order valence-corrected chi connectivity index (χ1v) is 3.55. The summed E-state index contributed by atoms with van der Waals surface area (Å²) in [6.45, 7) is -0.162. The molecule has 0 bridgehead atoms. The Kier molecular flexibility index (Phi) is 2.80. The SMILES string of the molecule is OC[C@@H](O)[C@H]1NC[C@@H](O)[C@@H]1O. The van der Waals surface area contributed by atoms with Crippen LogP contribution in [0, 0.1) is 0 Å². The van der Waals surface area contributed by atoms with Crippen molar-refractivity contribution >= 4 is 0 Å². The van der Waals surface area contributed by atoms with Gasteiger partial charge in [-0.25, -0.2) is 0 Å². The summed E-state index contributed by atoms with van der Waals surface area (Å²) in [6.07, 6.45) is -2.85. The fourth-order valence-electron chi connectivity index (χ4n) is 1.21. The first-order chi connectivity index (χ1) is 5.16. The minimum absolute atomic E-state index is 0.253. The lowest BCUT2D eigenvalue weighted by Gasteiger charge is -2.19. The standard InChI is InChI=1S/C6H13NO4/c8-2-4(10)5-6(11)3(9)1-7-5/h3-11H,1-2H2/t3-,4-,5-,6+/m1/s1. The van der Waals surface area contributed by atoms with Gasteiger partial charge in [-0.05, 0) is 0 Å². The molecule has 0 amide bonds. The first-order valence-electron chi connectivity index (χ1n) is 3.55. The summed E-state index contributed by atoms with van der Waals surface area (Å²) < 4.78 is 0. The molecule has 0 aromatic carbocycles. The van der Waals surface area contributed by atoms with E-state index in [1.165, 1.54) is 0 Å². The molecule has 4 atom stereocenters. The summed E-state index contributed by atoms with van der Waals surface area (Å²) in [5, 5.41) is 38.5. The largest absolute Gasteiger partial charge is 0.394 e. The second-order valence-corrected chi connectivity index (χ2v) is 2.74. The predicted molar refractivity (Wildman–Crippen MR) is 36.9 cm³/mol. The molecule has 1 heterocycles. The van der Waals surface area contributed by atoms with Crippen LogP contribution in [0.25, 0.3) is 0 Å². The number of aliphatic hydroxyl groups is 4. The average Bonchev–Trinajstić information content (AvgIpc) is 2.32. The van der Waals surface area contributed by atoms with Crippen molar-refractivity contribution in [2.45, 2.75) is 24.4 Å². The van der Waals surface area contributed by atoms with Crippen molar-refractivity contribution in [3.63, 3.8) is 0 Å². The Labute approximate surface area is 64.3 Å². The Hall–Kier alpha value is -0.200. The zero-order chi connectivity index (χ0) is 8.43. The number of β-amino-alcohol motifs (C(OH)–C–C–N with tert-alkyl or cyclic N) is 1. The van der Waals surface area contributed by atoms with Crippen LogP contribution in [0.1, 0.15) is 0 Å². The molecule has 0 radical (unpaired) electrons. The summed E-state index contributed by atoms with van der Waals surface area (Å²) in [4.78, 5) is 0. The van der Waals surface area contributed by atoms with Gasteiger partial charge in [0.2, 0.25) is 0 Å². The zero-order valence-electron chi connectivity index (χ0n) is 6.01. The lowest BCUT2D eigenvalue weighted by Crippen LogP contribution is -2.44. The number of aliphatic hydroxyl groups excluding tert-OH is 4. The fourth-order valence-corrected chi connectivity index (χ4v) is 1.21. The number of hydrogen-bond donors (Lipinski definition) is 5. The molecule has 0 saturated carbocycles. The molecule has 0 unspecified atom stereocenters. The topological polar surface area (TPSA) is 93.0 Å². The van der Waals surface area contributed by atoms with Crippen molar-refractivity contribution in [2.24, 2.45) is 0 Å². The third-order valence-corrected chi connectivity index (χ3v) is 1.93. The van der Waals surface area contributed by atoms with Gasteiger partial charge in [0.25, 0.3) is 0 Å². The first kappa shape index (κ1) is 8.89. The smallest absolute Gasteiger partial charge is 0.0990 e. The van der Waals surface area contributed by atoms with Gasteiger partial charge in [0.15, 0.2) is 0 Å². The van der Waals surface area contributed by atoms with Gasteiger partial charge in [-0.2, -0.15) is 0 Å². The van der Waals surface area contributed by atoms with E-state index in [1.54, 1.807) is 0 Å². The molecule has 0 aromatic rings. The van der Waals surface area contributed by atoms with Crippen molar-refractivity contribution in [3.05, 3.63) is 0 Å². The molecule has 1 aliphatic rings. The maximum Gasteiger partial charge on any atom is 0.0990 e. The Morgan fingerprint density at radius 2 is 2.09 bits per heavy atom. The monoisotopic (exact) mass is 163 g/mol. The minimum atomic E-state index is -1.01. The van der Waals surface area contributed by atoms with Gasteiger partial charge in [-0.3, -0.25) is 0 Å². The van der Waals surface area contributed by atoms with Crippen LogP contribution in [-0.2, 0) is 0 Å². The van der Waals surface area contributed by atoms with Gasteiger partial charge in [0.1, 0.15) is 0 Å². The third-order valence-electron chi connectivity index (χ3n) is 1.93. The maximum atomic E-state index is 9.18. The van der Waals surface area contributed by atoms with E-state index in [2.05, 4.69) is 5.32 Å². The number of hydrogen-bond acceptors (Lipinski definition) is 5. The van der Waals surface area contributed by atoms with Gasteiger partial charge in [-0.1, -0.05) is 0 Å². The van der Waals surface area contributed by atoms with E-state index in [0.29, 0.717) is 0 Å². The molecule has 66 valence electrons. The Bertz CT molecular complexity index is 132. The summed E-state index contributed by atoms with van der Waals surface area (Å²) in [6, 6.07) is -0.616. The van der Waals surface area contributed by atoms with Gasteiger partial charge in [-0.15, -0.1) is 0 Å². The van der Waals surface area contributed by atoms with Crippen LogP contribution in [0.2, 0.25) is 0 Å². The highest BCUT2D eigenvalue weighted by molar-refractivity contribution is 4.94. The molecule has 1 fully saturated rings. The molecule has 5 nitrogen and oxygen atoms in total. The minimum Gasteiger partial charge on any atom is -0.394 e. The fraction of sp³-hybridized carbons (Fsp3) is 1.00. The summed E-state index contributed by atoms with van der Waals surface area (Å²) in [7, 11) is 0. The van der Waals surface area contributed by atoms with E-state index in [-0.39, 0.29) is 6.54 Å². The van der Waals surface area contributed by atoms with Crippen LogP contribution >= 0.6 is 0 Å². The predicted octanol–water partition coefficient (Wildman–Crippen LogP) is -2.97. The van der Waals surface area contributed by atoms with Gasteiger partial charge in [0.05, 0.1) is 31.0 Å². The van der Waals surface area contributed by atoms with Crippen LogP contribution in [0.4, 0.5) is 0 Å². The lowest BCUT2D eigenvalue weighted by molar-refractivity contribution is -0.00977. The third kappa shape index (κ3) is 1.69. The molecule has 1 saturated heterocycles. The lowest BCUT2D eigenvalue weighted by atomic mass is 10.1. The van der Waals surface area contributed by atoms with Crippen LogP contribution in [-0.4, -0.2) is 57.9 Å². The normalized spacial score (nSPS) is 40.9. The highest BCUT2D eigenvalue weighted by Gasteiger charge is 2.36. The molecular weight excluding hydrogens is 150 g/mol. The van der Waals surface area contributed by atoms with E-state index < -0.39 is 31.0 Å². The highest BCUT2D eigenvalue weighted by atomic mass is 16.3. The van der Waals surface area contributed by atoms with Gasteiger partial charge < -0.3 is 25.7 Å². The van der Waals surface area contributed by atoms with Crippen molar-refractivity contribution in [1.29, 1.82) is 0 Å². The van der Waals surface area contributed by atoms with Crippen molar-refractivity contribution in [2.75, 3.05) is 13.2 Å². The van der Waals surface area contributed by atoms with Crippen molar-refractivity contribution in [1.82, 2.24) is 5.32 Å². The summed E-state index contributed by atoms with van der Waals surface area (Å²) >= 11 is 0. The van der Waals surface area contributed by atoms with Gasteiger partial charge >= 0.3 is 0 Å². The summed E-state index contributed by atoms with van der Waals surface area (Å²) in [5.41, 5.74) is 0. The highest BCUT2D eigenvalue weighted by Crippen LogP contribution is 2.10. The molecule has 5 heteroatoms. The van der Waals surface area contributed by atoms with Gasteiger partial charge in [0, 0.05) is 6.54 Å². The van der Waals surface area contributed by atoms with Crippen LogP contribution < -0.4 is 5.32 Å². The second kappa shape index (κ2) is 3.46. The van der Waals surface area contributed by atoms with E-state index in [1.807, 2.05) is 0 Å². The maximum absolute atomic E-state index is 9.18. The van der Waals surface area contributed by atoms with Crippen molar-refractivity contribution in [3.8, 4) is 0 Å².